The number of alkyl halides is 1. The van der Waals surface area contributed by atoms with Crippen LogP contribution in [0.2, 0.25) is 30.1 Å². The lowest BCUT2D eigenvalue weighted by Crippen LogP contribution is -2.57. The van der Waals surface area contributed by atoms with E-state index in [0.717, 1.165) is 5.39 Å². The van der Waals surface area contributed by atoms with Crippen LogP contribution in [0.4, 0.5) is 4.39 Å². The maximum absolute atomic E-state index is 13.2. The fourth-order valence-electron chi connectivity index (χ4n) is 13.2. The molecule has 3 aliphatic heterocycles. The van der Waals surface area contributed by atoms with Gasteiger partial charge in [0.15, 0.2) is 23.9 Å². The first-order chi connectivity index (χ1) is 56.4. The van der Waals surface area contributed by atoms with Crippen molar-refractivity contribution >= 4 is 145 Å². The molecule has 6 heterocycles. The molecule has 0 spiro atoms. The van der Waals surface area contributed by atoms with E-state index in [9.17, 15) is 78.5 Å². The number of aromatic hydroxyl groups is 1. The van der Waals surface area contributed by atoms with Crippen LogP contribution in [0.15, 0.2) is 141 Å². The van der Waals surface area contributed by atoms with E-state index < -0.39 is 91.6 Å². The van der Waals surface area contributed by atoms with Crippen LogP contribution in [0.5, 0.6) is 5.75 Å². The van der Waals surface area contributed by atoms with Crippen LogP contribution in [-0.4, -0.2) is 192 Å². The minimum Gasteiger partial charge on any atom is -0.508 e. The molecule has 38 heteroatoms. The lowest BCUT2D eigenvalue weighted by molar-refractivity contribution is -0.140. The van der Waals surface area contributed by atoms with Gasteiger partial charge in [0, 0.05) is 75.7 Å². The second-order valence-corrected chi connectivity index (χ2v) is 29.7. The Morgan fingerprint density at radius 1 is 0.644 bits per heavy atom. The highest BCUT2D eigenvalue weighted by atomic mass is 35.5. The summed E-state index contributed by atoms with van der Waals surface area (Å²) in [6.45, 7) is 1.88. The number of nitriles is 2. The Kier molecular flexibility index (Phi) is 31.0. The number of hydrogen-bond donors (Lipinski definition) is 14. The molecule has 31 nitrogen and oxygen atoms in total. The highest BCUT2D eigenvalue weighted by molar-refractivity contribution is 6.42. The fraction of sp³-hybridized carbons (Fsp3) is 0.300. The summed E-state index contributed by atoms with van der Waals surface area (Å²) >= 11 is 38.8. The van der Waals surface area contributed by atoms with Gasteiger partial charge in [-0.2, -0.15) is 10.5 Å². The molecule has 9 aromatic rings. The summed E-state index contributed by atoms with van der Waals surface area (Å²) in [4.78, 5) is 114. The minimum atomic E-state index is -1.50. The molecule has 2 unspecified atom stereocenters. The van der Waals surface area contributed by atoms with Crippen LogP contribution >= 0.6 is 69.6 Å². The van der Waals surface area contributed by atoms with Gasteiger partial charge in [0.1, 0.15) is 42.4 Å². The molecular weight excluding hydrogens is 1660 g/mol. The predicted molar refractivity (Wildman–Crippen MR) is 433 cm³/mol. The summed E-state index contributed by atoms with van der Waals surface area (Å²) in [5.74, 6) is -6.60. The van der Waals surface area contributed by atoms with E-state index in [1.165, 1.54) is 24.3 Å². The van der Waals surface area contributed by atoms with Crippen molar-refractivity contribution in [3.8, 4) is 18.1 Å². The predicted octanol–water partition coefficient (Wildman–Crippen LogP) is 9.48. The number of pyridine rings is 1. The van der Waals surface area contributed by atoms with Crippen molar-refractivity contribution in [2.45, 2.75) is 101 Å². The van der Waals surface area contributed by atoms with Crippen LogP contribution in [0.1, 0.15) is 129 Å². The van der Waals surface area contributed by atoms with Gasteiger partial charge in [-0.3, -0.25) is 44.8 Å². The summed E-state index contributed by atoms with van der Waals surface area (Å²) in [5, 5.41) is 105. The number of aliphatic imine (C=N–C) groups is 1. The molecule has 3 aliphatic rings. The number of aromatic nitrogens is 1. The SMILES string of the molecule is C[C@H](O)c1cccc(C[C@H](NC(=O)c2c(Cl)cc3c(c2Cl)CCN(C(=O)c2cc4ccccc4o2)C3)C(=O)O)c1.N#CNC(=NC[C@H](NC(=O)c1c(Cl)cc(CCC(O)c2cccc(O)c2)cc1Cl)C(=O)O)NCCF.N#CNC(NC[C@H](NC(=O)c1c(Cl)cc2c(c1Cl)CCN(C(=O)c1cc3cccnc3o1)C2)C(=O)O)N1CC[C@H](O)C1. The highest BCUT2D eigenvalue weighted by Gasteiger charge is 2.35. The molecule has 0 bridgehead atoms. The van der Waals surface area contributed by atoms with Crippen molar-refractivity contribution in [2.24, 2.45) is 4.99 Å². The van der Waals surface area contributed by atoms with E-state index in [4.69, 9.17) is 89.0 Å². The highest BCUT2D eigenvalue weighted by Crippen LogP contribution is 2.38. The van der Waals surface area contributed by atoms with Gasteiger partial charge in [0.2, 0.25) is 11.7 Å². The first-order valence-corrected chi connectivity index (χ1v) is 38.7. The molecular formula is C80H77Cl6FN14O17. The van der Waals surface area contributed by atoms with Gasteiger partial charge >= 0.3 is 17.9 Å². The third-order valence-electron chi connectivity index (χ3n) is 19.2. The summed E-state index contributed by atoms with van der Waals surface area (Å²) in [6.07, 6.45) is 4.00. The van der Waals surface area contributed by atoms with Crippen molar-refractivity contribution in [1.29, 1.82) is 10.5 Å². The number of nitrogens with one attached hydrogen (secondary N) is 7. The number of hydrogen-bond acceptors (Lipinski definition) is 21. The molecule has 12 rings (SSSR count). The molecule has 0 aliphatic carbocycles. The van der Waals surface area contributed by atoms with Crippen molar-refractivity contribution in [3.05, 3.63) is 230 Å². The molecule has 0 saturated carbocycles. The number of carboxylic acids is 3. The number of nitrogens with zero attached hydrogens (tertiary/aromatic N) is 7. The smallest absolute Gasteiger partial charge is 0.328 e. The second kappa shape index (κ2) is 41.2. The quantitative estimate of drug-likeness (QED) is 0.00748. The van der Waals surface area contributed by atoms with Crippen LogP contribution in [0, 0.1) is 22.9 Å². The van der Waals surface area contributed by atoms with Gasteiger partial charge in [0.05, 0.1) is 71.7 Å². The number of phenolic OH excluding ortho intramolecular Hbond substituents is 1. The number of aliphatic carboxylic acids is 3. The zero-order valence-corrected chi connectivity index (χ0v) is 67.0. The van der Waals surface area contributed by atoms with Crippen molar-refractivity contribution in [3.63, 3.8) is 0 Å². The second-order valence-electron chi connectivity index (χ2n) is 27.3. The maximum atomic E-state index is 13.2. The molecule has 7 atom stereocenters. The molecule has 5 amide bonds. The number of para-hydroxylation sites is 1. The Labute approximate surface area is 702 Å². The van der Waals surface area contributed by atoms with Crippen LogP contribution in [0.25, 0.3) is 22.1 Å². The molecule has 618 valence electrons. The van der Waals surface area contributed by atoms with Crippen molar-refractivity contribution in [2.75, 3.05) is 52.5 Å². The number of carboxylic acid groups (broad SMARTS) is 3. The molecule has 14 N–H and O–H groups in total. The zero-order chi connectivity index (χ0) is 85.2. The lowest BCUT2D eigenvalue weighted by Gasteiger charge is -2.30. The number of β-amino-alcohol motifs (C(OH)–C–C–N with tert-alkyl or cyclic N) is 1. The first-order valence-electron chi connectivity index (χ1n) is 36.5. The van der Waals surface area contributed by atoms with E-state index in [1.807, 2.05) is 24.4 Å². The number of guanidine groups is 1. The van der Waals surface area contributed by atoms with Gasteiger partial charge in [-0.15, -0.1) is 0 Å². The lowest BCUT2D eigenvalue weighted by atomic mass is 9.96. The number of aryl methyl sites for hydroxylation is 1. The fourth-order valence-corrected chi connectivity index (χ4v) is 15.5. The Morgan fingerprint density at radius 3 is 1.78 bits per heavy atom. The largest absolute Gasteiger partial charge is 0.508 e. The van der Waals surface area contributed by atoms with Gasteiger partial charge in [-0.1, -0.05) is 124 Å². The number of rotatable bonds is 27. The Balaban J connectivity index is 0.000000187. The Morgan fingerprint density at radius 2 is 1.21 bits per heavy atom. The van der Waals surface area contributed by atoms with E-state index in [1.54, 1.807) is 113 Å². The molecule has 1 saturated heterocycles. The molecule has 1 fully saturated rings. The first kappa shape index (κ1) is 89.0. The van der Waals surface area contributed by atoms with Crippen molar-refractivity contribution < 1.29 is 87.3 Å². The van der Waals surface area contributed by atoms with Crippen LogP contribution in [-0.2, 0) is 53.2 Å². The van der Waals surface area contributed by atoms with Gasteiger partial charge in [-0.05, 0) is 150 Å². The van der Waals surface area contributed by atoms with Crippen LogP contribution in [0.3, 0.4) is 0 Å². The average Bonchev–Trinajstić information content (AvgIpc) is 0.819. The monoisotopic (exact) mass is 1730 g/mol. The number of furan rings is 2. The van der Waals surface area contributed by atoms with Crippen molar-refractivity contribution in [1.82, 2.24) is 56.9 Å². The summed E-state index contributed by atoms with van der Waals surface area (Å²) in [5.41, 5.74) is 5.90. The number of benzene rings is 6. The number of carbonyl (C=O) groups is 8. The van der Waals surface area contributed by atoms with Gasteiger partial charge in [0.25, 0.3) is 29.5 Å². The number of carbonyl (C=O) groups excluding carboxylic acids is 5. The number of phenols is 1. The van der Waals surface area contributed by atoms with E-state index in [2.05, 4.69) is 47.2 Å². The molecule has 3 aromatic heterocycles. The number of likely N-dealkylation sites (tertiary alicyclic amines) is 1. The number of halogens is 7. The van der Waals surface area contributed by atoms with Gasteiger partial charge < -0.3 is 75.6 Å². The Hall–Kier alpha value is -11.4. The molecule has 0 radical (unpaired) electrons. The number of aliphatic hydroxyl groups is 3. The summed E-state index contributed by atoms with van der Waals surface area (Å²) in [7, 11) is 0. The topological polar surface area (TPSA) is 471 Å². The van der Waals surface area contributed by atoms with E-state index in [0.29, 0.717) is 113 Å². The Bertz CT molecular complexity index is 5300. The van der Waals surface area contributed by atoms with E-state index in [-0.39, 0.29) is 121 Å². The van der Waals surface area contributed by atoms with Crippen LogP contribution < -0.4 is 37.2 Å². The van der Waals surface area contributed by atoms with Gasteiger partial charge in [-0.25, -0.2) is 28.8 Å². The number of amides is 5. The summed E-state index contributed by atoms with van der Waals surface area (Å²) in [6, 6.07) is 29.4. The third-order valence-corrected chi connectivity index (χ3v) is 21.2. The average molecular weight is 1740 g/mol. The number of fused-ring (bicyclic) bond motifs is 4. The maximum Gasteiger partial charge on any atom is 0.328 e. The molecule has 118 heavy (non-hydrogen) atoms. The number of aliphatic hydroxyl groups excluding tert-OH is 3. The normalized spacial score (nSPS) is 15.3. The zero-order valence-electron chi connectivity index (χ0n) is 62.5. The summed E-state index contributed by atoms with van der Waals surface area (Å²) < 4.78 is 23.7. The van der Waals surface area contributed by atoms with E-state index >= 15 is 0 Å². The third kappa shape index (κ3) is 22.7. The minimum absolute atomic E-state index is 0.000669. The molecule has 6 aromatic carbocycles. The standard InChI is InChI=1S/C30H26Cl2N2O6.C27H27Cl2N7O6.C23H24Cl2FN5O5/c1-16(35)18-7-4-5-17(11-18)12-23(30(38)39)33-28(36)26-22(31)13-20-15-34(10-9-21(20)27(26)32)29(37)25-14-19-6-2-3-8-24(19)40-25;28-18-8-15-11-35(25(39)20-9-14-2-1-5-31-24(14)42-20)7-4-17(15)22(29)21(18)23(38)34-19(26(40)41)10-32-27(33-13-30)36-6-3-16(37)12-36;24-16-8-13(4-5-19(33)14-2-1-3-15(32)10-14)9-17(25)20(16)21(34)31-18(22(35)36)11-29-23(30-12-27)28-7-6-26/h2-8,11,13-14,16,23,35H,9-10,12,15H2,1H3,(H,33,36)(H,38,39);1-2,5,8-9,16,19,27,32-33,37H,3-4,6-7,10-12H2,(H,34,38)(H,40,41);1-3,8-10,18-19,32-33H,4-7,11H2,(H,31,34)(H,35,36)(H2,28,29,30)/t16-,23-;16-,19-,27?;18-,19?/m000/s1.